The van der Waals surface area contributed by atoms with Gasteiger partial charge in [-0.3, -0.25) is 4.89 Å². The van der Waals surface area contributed by atoms with Crippen LogP contribution in [-0.2, 0) is 14.6 Å². The van der Waals surface area contributed by atoms with Crippen LogP contribution in [0, 0.1) is 0 Å². The number of hydrogen-bond acceptors (Lipinski definition) is 5. The minimum Gasteiger partial charge on any atom is -0.298 e. The molecule has 5 heteroatoms. The van der Waals surface area contributed by atoms with E-state index < -0.39 is 17.1 Å². The summed E-state index contributed by atoms with van der Waals surface area (Å²) in [4.78, 5) is 21.3. The molecule has 0 amide bonds. The second-order valence-corrected chi connectivity index (χ2v) is 7.01. The van der Waals surface area contributed by atoms with E-state index in [1.165, 1.54) is 0 Å². The van der Waals surface area contributed by atoms with Crippen molar-refractivity contribution in [3.8, 4) is 0 Å². The third-order valence-electron chi connectivity index (χ3n) is 1.58. The quantitative estimate of drug-likeness (QED) is 0.439. The third-order valence-corrected chi connectivity index (χ3v) is 1.58. The molecule has 0 radical (unpaired) electrons. The third kappa shape index (κ3) is 10.2. The Labute approximate surface area is 110 Å². The molecule has 0 rings (SSSR count). The van der Waals surface area contributed by atoms with Crippen molar-refractivity contribution < 1.29 is 14.6 Å². The summed E-state index contributed by atoms with van der Waals surface area (Å²) in [6.45, 7) is 15.0. The Hall–Kier alpha value is -0.970. The molecule has 0 spiro atoms. The number of carbonyl (C=O) groups excluding carboxylic acids is 1. The second-order valence-electron chi connectivity index (χ2n) is 7.01. The van der Waals surface area contributed by atoms with E-state index in [4.69, 9.17) is 9.78 Å². The first kappa shape index (κ1) is 17.0. The summed E-state index contributed by atoms with van der Waals surface area (Å²) < 4.78 is 0. The van der Waals surface area contributed by atoms with Crippen LogP contribution in [0.15, 0.2) is 10.2 Å². The van der Waals surface area contributed by atoms with Gasteiger partial charge in [-0.25, -0.2) is 4.79 Å². The fraction of sp³-hybridized carbons (Fsp3) is 0.923. The van der Waals surface area contributed by atoms with Crippen LogP contribution in [0.25, 0.3) is 0 Å². The molecule has 5 nitrogen and oxygen atoms in total. The van der Waals surface area contributed by atoms with Gasteiger partial charge in [0, 0.05) is 0 Å². The molecule has 0 aromatic carbocycles. The summed E-state index contributed by atoms with van der Waals surface area (Å²) in [7, 11) is 0. The van der Waals surface area contributed by atoms with Crippen LogP contribution >= 0.6 is 0 Å². The Bertz CT molecular complexity index is 309. The Kier molecular flexibility index (Phi) is 5.47. The molecule has 0 aliphatic heterocycles. The summed E-state index contributed by atoms with van der Waals surface area (Å²) in [5.41, 5.74) is -1.35. The molecule has 0 unspecified atom stereocenters. The van der Waals surface area contributed by atoms with E-state index in [9.17, 15) is 4.79 Å². The Morgan fingerprint density at radius 2 is 1.44 bits per heavy atom. The van der Waals surface area contributed by atoms with Crippen molar-refractivity contribution in [1.82, 2.24) is 0 Å². The summed E-state index contributed by atoms with van der Waals surface area (Å²) in [5, 5.41) is 8.35. The van der Waals surface area contributed by atoms with Gasteiger partial charge in [-0.05, 0) is 55.4 Å². The Morgan fingerprint density at radius 1 is 0.944 bits per heavy atom. The van der Waals surface area contributed by atoms with Gasteiger partial charge in [-0.15, -0.1) is 0 Å². The average Bonchev–Trinajstić information content (AvgIpc) is 2.09. The minimum atomic E-state index is -0.592. The van der Waals surface area contributed by atoms with Crippen LogP contribution in [0.2, 0.25) is 0 Å². The number of nitrogens with zero attached hydrogens (tertiary/aromatic N) is 2. The first-order valence-electron chi connectivity index (χ1n) is 6.13. The van der Waals surface area contributed by atoms with Crippen molar-refractivity contribution in [2.75, 3.05) is 0 Å². The molecule has 0 atom stereocenters. The monoisotopic (exact) mass is 258 g/mol. The van der Waals surface area contributed by atoms with E-state index in [-0.39, 0.29) is 12.0 Å². The maximum Gasteiger partial charge on any atom is 0.344 e. The number of carbonyl (C=O) groups is 1. The molecule has 0 aromatic heterocycles. The highest BCUT2D eigenvalue weighted by atomic mass is 17.2. The number of azo groups is 1. The lowest BCUT2D eigenvalue weighted by atomic mass is 10.0. The van der Waals surface area contributed by atoms with Crippen LogP contribution in [0.1, 0.15) is 61.8 Å². The largest absolute Gasteiger partial charge is 0.344 e. The SMILES string of the molecule is CC(C)(C)N=NC(C)(C)CC(=O)OOC(C)(C)C. The minimum absolute atomic E-state index is 0.128. The van der Waals surface area contributed by atoms with E-state index in [2.05, 4.69) is 10.2 Å². The highest BCUT2D eigenvalue weighted by Crippen LogP contribution is 2.20. The molecule has 0 aliphatic rings. The fourth-order valence-corrected chi connectivity index (χ4v) is 0.875. The van der Waals surface area contributed by atoms with Gasteiger partial charge in [0.15, 0.2) is 0 Å². The highest BCUT2D eigenvalue weighted by Gasteiger charge is 2.25. The van der Waals surface area contributed by atoms with Gasteiger partial charge in [0.05, 0.1) is 17.5 Å². The van der Waals surface area contributed by atoms with Gasteiger partial charge in [0.1, 0.15) is 5.60 Å². The predicted octanol–water partition coefficient (Wildman–Crippen LogP) is 3.68. The molecule has 0 saturated carbocycles. The molecule has 0 aromatic rings. The maximum absolute atomic E-state index is 11.6. The number of rotatable bonds is 4. The van der Waals surface area contributed by atoms with Crippen molar-refractivity contribution in [3.05, 3.63) is 0 Å². The normalized spacial score (nSPS) is 14.0. The zero-order valence-electron chi connectivity index (χ0n) is 12.8. The van der Waals surface area contributed by atoms with Gasteiger partial charge >= 0.3 is 5.97 Å². The average molecular weight is 258 g/mol. The van der Waals surface area contributed by atoms with Crippen molar-refractivity contribution in [2.45, 2.75) is 78.5 Å². The first-order chi connectivity index (χ1) is 7.81. The molecule has 0 aliphatic carbocycles. The molecule has 18 heavy (non-hydrogen) atoms. The summed E-state index contributed by atoms with van der Waals surface area (Å²) >= 11 is 0. The van der Waals surface area contributed by atoms with Crippen LogP contribution in [-0.4, -0.2) is 22.6 Å². The molecule has 0 saturated heterocycles. The van der Waals surface area contributed by atoms with Crippen molar-refractivity contribution in [2.24, 2.45) is 10.2 Å². The molecular weight excluding hydrogens is 232 g/mol. The fourth-order valence-electron chi connectivity index (χ4n) is 0.875. The Morgan fingerprint density at radius 3 is 1.83 bits per heavy atom. The van der Waals surface area contributed by atoms with Crippen LogP contribution in [0.4, 0.5) is 0 Å². The molecular formula is C13H26N2O3. The van der Waals surface area contributed by atoms with Crippen LogP contribution in [0.3, 0.4) is 0 Å². The van der Waals surface area contributed by atoms with Crippen LogP contribution < -0.4 is 0 Å². The predicted molar refractivity (Wildman–Crippen MR) is 70.2 cm³/mol. The van der Waals surface area contributed by atoms with E-state index >= 15 is 0 Å². The first-order valence-corrected chi connectivity index (χ1v) is 6.13. The lowest BCUT2D eigenvalue weighted by Crippen LogP contribution is -2.27. The van der Waals surface area contributed by atoms with Crippen molar-refractivity contribution >= 4 is 5.97 Å². The summed E-state index contributed by atoms with van der Waals surface area (Å²) in [5.74, 6) is -0.442. The van der Waals surface area contributed by atoms with Gasteiger partial charge in [-0.1, -0.05) is 0 Å². The zero-order chi connectivity index (χ0) is 14.6. The lowest BCUT2D eigenvalue weighted by molar-refractivity contribution is -0.321. The number of hydrogen-bond donors (Lipinski definition) is 0. The van der Waals surface area contributed by atoms with Crippen molar-refractivity contribution in [3.63, 3.8) is 0 Å². The topological polar surface area (TPSA) is 60.2 Å². The summed E-state index contributed by atoms with van der Waals surface area (Å²) in [6.07, 6.45) is 0.128. The van der Waals surface area contributed by atoms with Gasteiger partial charge in [0.2, 0.25) is 0 Å². The van der Waals surface area contributed by atoms with Gasteiger partial charge in [-0.2, -0.15) is 15.1 Å². The molecule has 0 N–H and O–H groups in total. The van der Waals surface area contributed by atoms with E-state index in [0.717, 1.165) is 0 Å². The summed E-state index contributed by atoms with van der Waals surface area (Å²) in [6, 6.07) is 0. The molecule has 106 valence electrons. The van der Waals surface area contributed by atoms with Gasteiger partial charge in [0.25, 0.3) is 0 Å². The van der Waals surface area contributed by atoms with E-state index in [1.54, 1.807) is 0 Å². The standard InChI is InChI=1S/C13H26N2O3/c1-11(2,3)14-15-13(7,8)9-10(16)17-18-12(4,5)6/h9H2,1-8H3. The van der Waals surface area contributed by atoms with E-state index in [1.807, 2.05) is 55.4 Å². The van der Waals surface area contributed by atoms with Gasteiger partial charge < -0.3 is 0 Å². The lowest BCUT2D eigenvalue weighted by Gasteiger charge is -2.21. The maximum atomic E-state index is 11.6. The molecule has 0 heterocycles. The highest BCUT2D eigenvalue weighted by molar-refractivity contribution is 5.70. The van der Waals surface area contributed by atoms with Crippen molar-refractivity contribution in [1.29, 1.82) is 0 Å². The van der Waals surface area contributed by atoms with Crippen LogP contribution in [0.5, 0.6) is 0 Å². The second kappa shape index (κ2) is 5.78. The van der Waals surface area contributed by atoms with E-state index in [0.29, 0.717) is 0 Å². The zero-order valence-corrected chi connectivity index (χ0v) is 12.8. The Balaban J connectivity index is 4.33. The smallest absolute Gasteiger partial charge is 0.298 e. The molecule has 0 bridgehead atoms. The molecule has 0 fully saturated rings.